The number of unbranched alkanes of at least 4 members (excludes halogenated alkanes) is 3. The number of aliphatic imine (C=N–C) groups is 1. The van der Waals surface area contributed by atoms with Crippen LogP contribution < -0.4 is 0 Å². The summed E-state index contributed by atoms with van der Waals surface area (Å²) in [5.41, 5.74) is 0. The number of hydrogen-bond donors (Lipinski definition) is 0. The van der Waals surface area contributed by atoms with Gasteiger partial charge in [-0.05, 0) is 45.6 Å². The van der Waals surface area contributed by atoms with Crippen LogP contribution in [0.3, 0.4) is 0 Å². The van der Waals surface area contributed by atoms with Gasteiger partial charge in [0.15, 0.2) is 0 Å². The van der Waals surface area contributed by atoms with Gasteiger partial charge in [-0.2, -0.15) is 0 Å². The van der Waals surface area contributed by atoms with E-state index in [9.17, 15) is 4.79 Å². The fourth-order valence-electron chi connectivity index (χ4n) is 3.97. The normalized spacial score (nSPS) is 14.8. The Kier molecular flexibility index (Phi) is 18.2. The van der Waals surface area contributed by atoms with Gasteiger partial charge in [0.1, 0.15) is 0 Å². The fraction of sp³-hybridized carbons (Fsp3) is 0.952. The second-order valence-electron chi connectivity index (χ2n) is 7.93. The molecule has 0 rings (SSSR count). The van der Waals surface area contributed by atoms with Crippen molar-refractivity contribution in [2.75, 3.05) is 27.4 Å². The van der Waals surface area contributed by atoms with Crippen molar-refractivity contribution in [2.45, 2.75) is 103 Å². The second kappa shape index (κ2) is 18.4. The van der Waals surface area contributed by atoms with Crippen molar-refractivity contribution in [3.05, 3.63) is 0 Å². The maximum Gasteiger partial charge on any atom is 0.327 e. The first-order chi connectivity index (χ1) is 14.0. The van der Waals surface area contributed by atoms with Crippen LogP contribution in [0, 0.1) is 0 Å². The lowest BCUT2D eigenvalue weighted by molar-refractivity contribution is 0.212. The molecule has 0 amide bonds. The predicted octanol–water partition coefficient (Wildman–Crippen LogP) is 4.79. The van der Waals surface area contributed by atoms with E-state index in [-0.39, 0.29) is 11.1 Å². The zero-order chi connectivity index (χ0) is 22.0. The molecule has 0 aliphatic rings. The number of nitrogens with zero attached hydrogens (tertiary/aromatic N) is 1. The van der Waals surface area contributed by atoms with E-state index in [1.165, 1.54) is 19.3 Å². The van der Waals surface area contributed by atoms with Crippen LogP contribution in [0.2, 0.25) is 11.1 Å². The Labute approximate surface area is 182 Å². The zero-order valence-electron chi connectivity index (χ0n) is 19.7. The van der Waals surface area contributed by atoms with Crippen molar-refractivity contribution < 1.29 is 22.5 Å². The second-order valence-corrected chi connectivity index (χ2v) is 13.0. The van der Waals surface area contributed by atoms with Gasteiger partial charge >= 0.3 is 18.6 Å². The van der Waals surface area contributed by atoms with Crippen molar-refractivity contribution >= 4 is 24.6 Å². The molecule has 0 fully saturated rings. The Morgan fingerprint density at radius 3 is 2.00 bits per heavy atom. The molecule has 0 saturated heterocycles. The van der Waals surface area contributed by atoms with Crippen LogP contribution in [0.1, 0.15) is 85.5 Å². The van der Waals surface area contributed by atoms with E-state index in [4.69, 9.17) is 17.7 Å². The highest BCUT2D eigenvalue weighted by atomic mass is 28.3. The molecular weight excluding hydrogens is 402 g/mol. The van der Waals surface area contributed by atoms with Crippen LogP contribution in [-0.4, -0.2) is 58.1 Å². The molecule has 0 radical (unpaired) electrons. The molecule has 0 heterocycles. The highest BCUT2D eigenvalue weighted by Crippen LogP contribution is 2.42. The van der Waals surface area contributed by atoms with Gasteiger partial charge in [0, 0.05) is 32.5 Å². The largest absolute Gasteiger partial charge is 0.400 e. The minimum absolute atomic E-state index is 0.115. The van der Waals surface area contributed by atoms with Crippen LogP contribution in [-0.2, 0) is 22.5 Å². The van der Waals surface area contributed by atoms with Gasteiger partial charge in [-0.25, -0.2) is 9.79 Å². The van der Waals surface area contributed by atoms with Crippen molar-refractivity contribution in [3.63, 3.8) is 0 Å². The van der Waals surface area contributed by atoms with Gasteiger partial charge in [-0.15, -0.1) is 0 Å². The Morgan fingerprint density at radius 1 is 0.931 bits per heavy atom. The average molecular weight is 448 g/mol. The van der Waals surface area contributed by atoms with Crippen LogP contribution in [0.4, 0.5) is 0 Å². The monoisotopic (exact) mass is 447 g/mol. The molecule has 0 aromatic rings. The maximum absolute atomic E-state index is 10.5. The molecule has 0 aromatic carbocycles. The molecule has 0 N–H and O–H groups in total. The minimum atomic E-state index is -1.73. The molecule has 8 heteroatoms. The smallest absolute Gasteiger partial charge is 0.327 e. The van der Waals surface area contributed by atoms with E-state index in [0.717, 1.165) is 57.8 Å². The van der Waals surface area contributed by atoms with Gasteiger partial charge in [0.25, 0.3) is 0 Å². The summed E-state index contributed by atoms with van der Waals surface area (Å²) >= 11 is 0. The first-order valence-electron chi connectivity index (χ1n) is 11.4. The van der Waals surface area contributed by atoms with Crippen LogP contribution in [0.15, 0.2) is 4.99 Å². The number of hydrogen-bond acceptors (Lipinski definition) is 6. The lowest BCUT2D eigenvalue weighted by atomic mass is 9.94. The third kappa shape index (κ3) is 12.8. The maximum atomic E-state index is 10.5. The lowest BCUT2D eigenvalue weighted by Crippen LogP contribution is -2.35. The summed E-state index contributed by atoms with van der Waals surface area (Å²) in [6.07, 6.45) is 11.5. The molecule has 29 heavy (non-hydrogen) atoms. The van der Waals surface area contributed by atoms with E-state index < -0.39 is 18.6 Å². The highest BCUT2D eigenvalue weighted by molar-refractivity contribution is 6.48. The van der Waals surface area contributed by atoms with E-state index >= 15 is 0 Å². The first kappa shape index (κ1) is 28.7. The van der Waals surface area contributed by atoms with Crippen LogP contribution in [0.25, 0.3) is 0 Å². The molecule has 0 spiro atoms. The predicted molar refractivity (Wildman–Crippen MR) is 124 cm³/mol. The Balaban J connectivity index is 4.47. The topological polar surface area (TPSA) is 66.4 Å². The minimum Gasteiger partial charge on any atom is -0.400 e. The number of carbonyl (C=O) groups excluding carboxylic acids is 1. The molecule has 172 valence electrons. The molecule has 0 saturated carbocycles. The number of rotatable bonds is 20. The van der Waals surface area contributed by atoms with Crippen LogP contribution >= 0.6 is 0 Å². The summed E-state index contributed by atoms with van der Waals surface area (Å²) in [4.78, 5) is 14.4. The van der Waals surface area contributed by atoms with Crippen molar-refractivity contribution in [1.82, 2.24) is 0 Å². The van der Waals surface area contributed by atoms with E-state index in [0.29, 0.717) is 0 Å². The summed E-state index contributed by atoms with van der Waals surface area (Å²) in [6, 6.07) is 1.20. The standard InChI is InChI=1S/C21H45NO5Si2/c1-7-20(22-19-23)15-11-13-17-21(4,29(24-5)25-6)16-12-10-14-18-28(26-8-2)27-9-3/h20,28-29H,7-18H2,1-6H3. The quantitative estimate of drug-likeness (QED) is 0.116. The fourth-order valence-corrected chi connectivity index (χ4v) is 7.98. The van der Waals surface area contributed by atoms with E-state index in [1.54, 1.807) is 20.3 Å². The molecule has 2 unspecified atom stereocenters. The average Bonchev–Trinajstić information content (AvgIpc) is 2.71. The molecule has 0 bridgehead atoms. The van der Waals surface area contributed by atoms with Gasteiger partial charge in [0.05, 0.1) is 6.04 Å². The van der Waals surface area contributed by atoms with Gasteiger partial charge < -0.3 is 17.7 Å². The lowest BCUT2D eigenvalue weighted by Gasteiger charge is -2.34. The van der Waals surface area contributed by atoms with E-state index in [2.05, 4.69) is 18.8 Å². The molecule has 6 nitrogen and oxygen atoms in total. The zero-order valence-corrected chi connectivity index (χ0v) is 22.0. The summed E-state index contributed by atoms with van der Waals surface area (Å²) in [5, 5.41) is 0.121. The van der Waals surface area contributed by atoms with Gasteiger partial charge in [-0.1, -0.05) is 46.0 Å². The third-order valence-corrected chi connectivity index (χ3v) is 10.5. The van der Waals surface area contributed by atoms with Gasteiger partial charge in [-0.3, -0.25) is 0 Å². The highest BCUT2D eigenvalue weighted by Gasteiger charge is 2.36. The summed E-state index contributed by atoms with van der Waals surface area (Å²) in [7, 11) is 0.366. The summed E-state index contributed by atoms with van der Waals surface area (Å²) in [5.74, 6) is 0. The van der Waals surface area contributed by atoms with Crippen molar-refractivity contribution in [1.29, 1.82) is 0 Å². The molecule has 2 atom stereocenters. The Morgan fingerprint density at radius 2 is 1.52 bits per heavy atom. The van der Waals surface area contributed by atoms with Crippen molar-refractivity contribution in [2.24, 2.45) is 4.99 Å². The molecule has 0 aliphatic carbocycles. The molecular formula is C21H45NO5Si2. The van der Waals surface area contributed by atoms with E-state index in [1.807, 2.05) is 13.8 Å². The van der Waals surface area contributed by atoms with Crippen molar-refractivity contribution in [3.8, 4) is 0 Å². The number of isocyanates is 1. The van der Waals surface area contributed by atoms with Gasteiger partial charge in [0.2, 0.25) is 6.08 Å². The summed E-state index contributed by atoms with van der Waals surface area (Å²) < 4.78 is 23.1. The Hall–Kier alpha value is -0.346. The Bertz CT molecular complexity index is 427. The third-order valence-electron chi connectivity index (χ3n) is 5.63. The molecule has 0 aromatic heterocycles. The SMILES string of the molecule is CCO[SiH](CCCCCC(C)(CCCCC(CC)N=C=O)[SiH](OC)OC)OCC. The van der Waals surface area contributed by atoms with Crippen LogP contribution in [0.5, 0.6) is 0 Å². The first-order valence-corrected chi connectivity index (χ1v) is 14.6. The molecule has 0 aliphatic heterocycles. The summed E-state index contributed by atoms with van der Waals surface area (Å²) in [6.45, 7) is 9.98.